The zero-order valence-electron chi connectivity index (χ0n) is 18.0. The van der Waals surface area contributed by atoms with E-state index in [1.165, 1.54) is 16.2 Å². The normalized spacial score (nSPS) is 22.0. The molecule has 3 N–H and O–H groups in total. The standard InChI is InChI=1S/C27H27NO3S/c1-2-17-3-6-19-9-10-21-22-13-14-26(32(29,30)31)27(20-7-4-18(16-28)5-8-20)24(22)12-11-23(21)25(19)15-17/h3-13,15,17,26-27H,2,14,16,28H2,1H3,(H,29,30,31). The van der Waals surface area contributed by atoms with Gasteiger partial charge in [0, 0.05) is 12.5 Å². The van der Waals surface area contributed by atoms with Gasteiger partial charge in [-0.2, -0.15) is 8.42 Å². The number of hydrogen-bond donors (Lipinski definition) is 2. The van der Waals surface area contributed by atoms with Gasteiger partial charge in [-0.1, -0.05) is 79.8 Å². The molecule has 0 spiro atoms. The molecule has 2 aliphatic rings. The Labute approximate surface area is 188 Å². The molecule has 3 aromatic rings. The molecule has 0 aliphatic heterocycles. The quantitative estimate of drug-likeness (QED) is 0.600. The van der Waals surface area contributed by atoms with Crippen LogP contribution in [0.25, 0.3) is 29.0 Å². The maximum atomic E-state index is 12.3. The molecule has 0 saturated carbocycles. The second kappa shape index (κ2) is 8.00. The van der Waals surface area contributed by atoms with E-state index in [4.69, 9.17) is 5.73 Å². The van der Waals surface area contributed by atoms with Gasteiger partial charge in [0.15, 0.2) is 0 Å². The first-order chi connectivity index (χ1) is 15.4. The minimum absolute atomic E-state index is 0.270. The van der Waals surface area contributed by atoms with Gasteiger partial charge in [-0.25, -0.2) is 0 Å². The molecule has 3 aromatic carbocycles. The molecule has 5 heteroatoms. The van der Waals surface area contributed by atoms with Crippen LogP contribution >= 0.6 is 0 Å². The first-order valence-electron chi connectivity index (χ1n) is 11.1. The van der Waals surface area contributed by atoms with Crippen molar-refractivity contribution in [1.29, 1.82) is 0 Å². The molecule has 32 heavy (non-hydrogen) atoms. The number of allylic oxidation sites excluding steroid dienone is 1. The molecule has 3 atom stereocenters. The van der Waals surface area contributed by atoms with Gasteiger partial charge in [0.1, 0.15) is 5.25 Å². The lowest BCUT2D eigenvalue weighted by molar-refractivity contribution is 0.459. The predicted molar refractivity (Wildman–Crippen MR) is 131 cm³/mol. The van der Waals surface area contributed by atoms with Crippen molar-refractivity contribution in [3.05, 3.63) is 87.3 Å². The summed E-state index contributed by atoms with van der Waals surface area (Å²) < 4.78 is 34.7. The van der Waals surface area contributed by atoms with Crippen LogP contribution in [0.15, 0.2) is 54.6 Å². The average molecular weight is 446 g/mol. The fraction of sp³-hybridized carbons (Fsp3) is 0.259. The van der Waals surface area contributed by atoms with Gasteiger partial charge in [0.05, 0.1) is 0 Å². The van der Waals surface area contributed by atoms with Gasteiger partial charge in [0.2, 0.25) is 0 Å². The SMILES string of the molecule is CCC1C=Cc2ccc3c4c(ccc3c2=C1)C(c1ccc(CN)cc1)C(S(=O)(=O)O)CC=4. The Bertz CT molecular complexity index is 1450. The molecule has 0 saturated heterocycles. The minimum Gasteiger partial charge on any atom is -0.326 e. The Balaban J connectivity index is 1.76. The maximum absolute atomic E-state index is 12.3. The van der Waals surface area contributed by atoms with E-state index in [-0.39, 0.29) is 6.42 Å². The zero-order valence-corrected chi connectivity index (χ0v) is 18.8. The Morgan fingerprint density at radius 3 is 2.41 bits per heavy atom. The first-order valence-corrected chi connectivity index (χ1v) is 12.6. The molecule has 2 aliphatic carbocycles. The largest absolute Gasteiger partial charge is 0.326 e. The highest BCUT2D eigenvalue weighted by molar-refractivity contribution is 7.86. The third-order valence-electron chi connectivity index (χ3n) is 6.95. The summed E-state index contributed by atoms with van der Waals surface area (Å²) in [5.74, 6) is -0.0182. The summed E-state index contributed by atoms with van der Waals surface area (Å²) in [5.41, 5.74) is 9.74. The van der Waals surface area contributed by atoms with Gasteiger partial charge >= 0.3 is 0 Å². The lowest BCUT2D eigenvalue weighted by atomic mass is 9.80. The summed E-state index contributed by atoms with van der Waals surface area (Å²) in [6, 6.07) is 16.2. The molecule has 4 nitrogen and oxygen atoms in total. The zero-order chi connectivity index (χ0) is 22.5. The van der Waals surface area contributed by atoms with E-state index in [0.29, 0.717) is 12.5 Å². The number of fused-ring (bicyclic) bond motifs is 5. The Morgan fingerprint density at radius 1 is 1.00 bits per heavy atom. The van der Waals surface area contributed by atoms with E-state index in [1.807, 2.05) is 36.4 Å². The summed E-state index contributed by atoms with van der Waals surface area (Å²) in [7, 11) is -4.23. The minimum atomic E-state index is -4.23. The molecule has 0 bridgehead atoms. The lowest BCUT2D eigenvalue weighted by Crippen LogP contribution is -2.35. The van der Waals surface area contributed by atoms with Crippen molar-refractivity contribution in [3.63, 3.8) is 0 Å². The number of nitrogens with two attached hydrogens (primary N) is 1. The topological polar surface area (TPSA) is 80.4 Å². The Kier molecular flexibility index (Phi) is 5.28. The Morgan fingerprint density at radius 2 is 1.72 bits per heavy atom. The van der Waals surface area contributed by atoms with E-state index in [0.717, 1.165) is 33.7 Å². The van der Waals surface area contributed by atoms with Crippen molar-refractivity contribution in [1.82, 2.24) is 0 Å². The third kappa shape index (κ3) is 3.51. The predicted octanol–water partition coefficient (Wildman–Crippen LogP) is 3.70. The summed E-state index contributed by atoms with van der Waals surface area (Å²) >= 11 is 0. The van der Waals surface area contributed by atoms with Gasteiger partial charge in [-0.15, -0.1) is 0 Å². The molecule has 5 rings (SSSR count). The van der Waals surface area contributed by atoms with Gasteiger partial charge in [-0.05, 0) is 62.2 Å². The Hall–Kier alpha value is -2.73. The fourth-order valence-electron chi connectivity index (χ4n) is 5.19. The number of hydrogen-bond acceptors (Lipinski definition) is 3. The number of benzene rings is 3. The van der Waals surface area contributed by atoms with Crippen LogP contribution in [0.4, 0.5) is 0 Å². The van der Waals surface area contributed by atoms with E-state index in [2.05, 4.69) is 43.4 Å². The van der Waals surface area contributed by atoms with Crippen molar-refractivity contribution in [2.75, 3.05) is 0 Å². The second-order valence-corrected chi connectivity index (χ2v) is 10.4. The van der Waals surface area contributed by atoms with Crippen LogP contribution < -0.4 is 16.2 Å². The average Bonchev–Trinajstić information content (AvgIpc) is 2.81. The molecule has 0 aromatic heterocycles. The van der Waals surface area contributed by atoms with Crippen LogP contribution in [0, 0.1) is 5.92 Å². The fourth-order valence-corrected chi connectivity index (χ4v) is 6.17. The molecular weight excluding hydrogens is 418 g/mol. The monoisotopic (exact) mass is 445 g/mol. The maximum Gasteiger partial charge on any atom is 0.269 e. The number of rotatable bonds is 4. The third-order valence-corrected chi connectivity index (χ3v) is 8.17. The van der Waals surface area contributed by atoms with Crippen molar-refractivity contribution < 1.29 is 13.0 Å². The molecule has 0 radical (unpaired) electrons. The highest BCUT2D eigenvalue weighted by atomic mass is 32.2. The van der Waals surface area contributed by atoms with Crippen LogP contribution in [0.5, 0.6) is 0 Å². The van der Waals surface area contributed by atoms with Crippen molar-refractivity contribution in [2.45, 2.75) is 37.5 Å². The van der Waals surface area contributed by atoms with E-state index < -0.39 is 21.3 Å². The summed E-state index contributed by atoms with van der Waals surface area (Å²) in [6.45, 7) is 2.61. The van der Waals surface area contributed by atoms with E-state index in [1.54, 1.807) is 0 Å². The molecule has 3 unspecified atom stereocenters. The van der Waals surface area contributed by atoms with E-state index >= 15 is 0 Å². The van der Waals surface area contributed by atoms with Gasteiger partial charge < -0.3 is 5.73 Å². The second-order valence-electron chi connectivity index (χ2n) is 8.75. The summed E-state index contributed by atoms with van der Waals surface area (Å²) in [5, 5.41) is 3.71. The first kappa shape index (κ1) is 21.1. The molecular formula is C27H27NO3S. The van der Waals surface area contributed by atoms with Crippen LogP contribution in [0.3, 0.4) is 0 Å². The van der Waals surface area contributed by atoms with Gasteiger partial charge in [-0.3, -0.25) is 4.55 Å². The highest BCUT2D eigenvalue weighted by Gasteiger charge is 2.36. The summed E-state index contributed by atoms with van der Waals surface area (Å²) in [6.07, 6.45) is 10.1. The lowest BCUT2D eigenvalue weighted by Gasteiger charge is -2.29. The summed E-state index contributed by atoms with van der Waals surface area (Å²) in [4.78, 5) is 0. The van der Waals surface area contributed by atoms with Crippen LogP contribution in [0.2, 0.25) is 0 Å². The van der Waals surface area contributed by atoms with Crippen LogP contribution in [-0.2, 0) is 16.7 Å². The highest BCUT2D eigenvalue weighted by Crippen LogP contribution is 2.35. The molecule has 0 fully saturated rings. The van der Waals surface area contributed by atoms with Crippen LogP contribution in [-0.4, -0.2) is 18.2 Å². The molecule has 0 amide bonds. The van der Waals surface area contributed by atoms with Crippen LogP contribution in [0.1, 0.15) is 47.9 Å². The van der Waals surface area contributed by atoms with Crippen molar-refractivity contribution in [2.24, 2.45) is 11.7 Å². The van der Waals surface area contributed by atoms with Crippen molar-refractivity contribution in [3.8, 4) is 0 Å². The smallest absolute Gasteiger partial charge is 0.269 e. The molecule has 0 heterocycles. The van der Waals surface area contributed by atoms with Gasteiger partial charge in [0.25, 0.3) is 10.1 Å². The van der Waals surface area contributed by atoms with Crippen molar-refractivity contribution >= 4 is 39.1 Å². The molecule has 164 valence electrons. The van der Waals surface area contributed by atoms with E-state index in [9.17, 15) is 13.0 Å².